The van der Waals surface area contributed by atoms with Crippen LogP contribution in [0.3, 0.4) is 0 Å². The van der Waals surface area contributed by atoms with Gasteiger partial charge in [-0.25, -0.2) is 19.4 Å². The maximum absolute atomic E-state index is 11.8. The molecule has 1 saturated carbocycles. The summed E-state index contributed by atoms with van der Waals surface area (Å²) in [5.74, 6) is 0.644. The zero-order valence-corrected chi connectivity index (χ0v) is 13.5. The van der Waals surface area contributed by atoms with Crippen LogP contribution in [0.1, 0.15) is 30.3 Å². The summed E-state index contributed by atoms with van der Waals surface area (Å²) in [7, 11) is 0. The van der Waals surface area contributed by atoms with Gasteiger partial charge in [0.2, 0.25) is 5.91 Å². The molecule has 25 heavy (non-hydrogen) atoms. The van der Waals surface area contributed by atoms with E-state index >= 15 is 0 Å². The number of esters is 1. The highest BCUT2D eigenvalue weighted by Gasteiger charge is 2.30. The van der Waals surface area contributed by atoms with Gasteiger partial charge in [0, 0.05) is 12.1 Å². The first kappa shape index (κ1) is 15.3. The molecule has 9 nitrogen and oxygen atoms in total. The van der Waals surface area contributed by atoms with E-state index in [1.807, 2.05) is 0 Å². The number of carbonyl (C=O) groups is 2. The maximum atomic E-state index is 11.8. The standard InChI is InChI=1S/C16H16N6O3/c1-2-25-16(24)11-5-6-22(20-11)14-9-21-8-12(18-13(21)7-17-14)19-15(23)10-3-4-10/h5-10H,2-4H2,1H3,(H,19,23). The molecule has 3 heterocycles. The monoisotopic (exact) mass is 340 g/mol. The molecule has 128 valence electrons. The zero-order valence-electron chi connectivity index (χ0n) is 13.5. The van der Waals surface area contributed by atoms with Gasteiger partial charge >= 0.3 is 5.97 Å². The number of imidazole rings is 1. The van der Waals surface area contributed by atoms with Crippen LogP contribution < -0.4 is 5.32 Å². The third kappa shape index (κ3) is 3.08. The number of hydrogen-bond donors (Lipinski definition) is 1. The lowest BCUT2D eigenvalue weighted by Gasteiger charge is -2.01. The molecule has 1 fully saturated rings. The molecule has 9 heteroatoms. The van der Waals surface area contributed by atoms with Gasteiger partial charge in [-0.3, -0.25) is 9.20 Å². The minimum atomic E-state index is -0.477. The molecule has 0 saturated heterocycles. The molecule has 0 spiro atoms. The van der Waals surface area contributed by atoms with Gasteiger partial charge < -0.3 is 10.1 Å². The van der Waals surface area contributed by atoms with Gasteiger partial charge in [0.1, 0.15) is 0 Å². The van der Waals surface area contributed by atoms with E-state index in [4.69, 9.17) is 4.74 Å². The molecule has 0 aromatic carbocycles. The third-order valence-electron chi connectivity index (χ3n) is 3.84. The number of rotatable bonds is 5. The summed E-state index contributed by atoms with van der Waals surface area (Å²) in [4.78, 5) is 32.1. The molecule has 3 aromatic rings. The Morgan fingerprint density at radius 1 is 1.36 bits per heavy atom. The van der Waals surface area contributed by atoms with Crippen LogP contribution in [0.25, 0.3) is 11.5 Å². The van der Waals surface area contributed by atoms with Gasteiger partial charge in [-0.2, -0.15) is 5.10 Å². The second-order valence-electron chi connectivity index (χ2n) is 5.77. The van der Waals surface area contributed by atoms with Crippen LogP contribution in [0, 0.1) is 5.92 Å². The average molecular weight is 340 g/mol. The van der Waals surface area contributed by atoms with Crippen molar-refractivity contribution < 1.29 is 14.3 Å². The highest BCUT2D eigenvalue weighted by atomic mass is 16.5. The van der Waals surface area contributed by atoms with E-state index in [-0.39, 0.29) is 17.5 Å². The minimum absolute atomic E-state index is 0.00254. The SMILES string of the molecule is CCOC(=O)c1ccn(-c2cn3cc(NC(=O)C4CC4)nc3cn2)n1. The summed E-state index contributed by atoms with van der Waals surface area (Å²) in [5, 5.41) is 6.97. The number of hydrogen-bond acceptors (Lipinski definition) is 6. The summed E-state index contributed by atoms with van der Waals surface area (Å²) in [6.07, 6.45) is 8.52. The van der Waals surface area contributed by atoms with Crippen molar-refractivity contribution in [3.05, 3.63) is 36.5 Å². The lowest BCUT2D eigenvalue weighted by Crippen LogP contribution is -2.13. The van der Waals surface area contributed by atoms with E-state index in [0.29, 0.717) is 23.9 Å². The molecule has 1 aliphatic carbocycles. The molecule has 1 aliphatic rings. The Bertz CT molecular complexity index is 956. The van der Waals surface area contributed by atoms with Crippen molar-refractivity contribution in [3.63, 3.8) is 0 Å². The van der Waals surface area contributed by atoms with E-state index in [1.165, 1.54) is 4.68 Å². The van der Waals surface area contributed by atoms with E-state index in [2.05, 4.69) is 20.4 Å². The first-order chi connectivity index (χ1) is 12.1. The van der Waals surface area contributed by atoms with Crippen LogP contribution in [0.4, 0.5) is 5.82 Å². The second kappa shape index (κ2) is 6.00. The third-order valence-corrected chi connectivity index (χ3v) is 3.84. The van der Waals surface area contributed by atoms with Crippen LogP contribution in [0.2, 0.25) is 0 Å². The van der Waals surface area contributed by atoms with Gasteiger partial charge in [0.25, 0.3) is 0 Å². The fourth-order valence-electron chi connectivity index (χ4n) is 2.41. The van der Waals surface area contributed by atoms with Gasteiger partial charge in [-0.15, -0.1) is 0 Å². The number of amides is 1. The van der Waals surface area contributed by atoms with E-state index in [0.717, 1.165) is 12.8 Å². The lowest BCUT2D eigenvalue weighted by atomic mass is 10.4. The Morgan fingerprint density at radius 3 is 2.96 bits per heavy atom. The van der Waals surface area contributed by atoms with Crippen molar-refractivity contribution in [3.8, 4) is 5.82 Å². The maximum Gasteiger partial charge on any atom is 0.358 e. The Kier molecular flexibility index (Phi) is 3.68. The molecule has 3 aromatic heterocycles. The summed E-state index contributed by atoms with van der Waals surface area (Å²) in [6, 6.07) is 1.57. The number of fused-ring (bicyclic) bond motifs is 1. The van der Waals surface area contributed by atoms with Crippen molar-refractivity contribution in [2.45, 2.75) is 19.8 Å². The van der Waals surface area contributed by atoms with Crippen LogP contribution in [0.15, 0.2) is 30.9 Å². The van der Waals surface area contributed by atoms with Gasteiger partial charge in [0.05, 0.1) is 25.2 Å². The Labute approximate surface area is 142 Å². The Hall–Kier alpha value is -3.23. The first-order valence-electron chi connectivity index (χ1n) is 8.03. The quantitative estimate of drug-likeness (QED) is 0.705. The van der Waals surface area contributed by atoms with Crippen LogP contribution in [-0.2, 0) is 9.53 Å². The van der Waals surface area contributed by atoms with E-state index in [9.17, 15) is 9.59 Å². The summed E-state index contributed by atoms with van der Waals surface area (Å²) in [5.41, 5.74) is 0.819. The number of carbonyl (C=O) groups excluding carboxylic acids is 2. The fraction of sp³-hybridized carbons (Fsp3) is 0.312. The molecule has 1 N–H and O–H groups in total. The predicted molar refractivity (Wildman–Crippen MR) is 87.4 cm³/mol. The highest BCUT2D eigenvalue weighted by molar-refractivity contribution is 5.93. The minimum Gasteiger partial charge on any atom is -0.461 e. The Morgan fingerprint density at radius 2 is 2.20 bits per heavy atom. The summed E-state index contributed by atoms with van der Waals surface area (Å²) < 4.78 is 8.15. The van der Waals surface area contributed by atoms with Crippen LogP contribution >= 0.6 is 0 Å². The molecule has 1 amide bonds. The highest BCUT2D eigenvalue weighted by Crippen LogP contribution is 2.30. The number of aromatic nitrogens is 5. The van der Waals surface area contributed by atoms with Crippen LogP contribution in [0.5, 0.6) is 0 Å². The van der Waals surface area contributed by atoms with Crippen molar-refractivity contribution in [2.75, 3.05) is 11.9 Å². The summed E-state index contributed by atoms with van der Waals surface area (Å²) in [6.45, 7) is 2.03. The van der Waals surface area contributed by atoms with Crippen molar-refractivity contribution in [1.82, 2.24) is 24.1 Å². The zero-order chi connectivity index (χ0) is 17.4. The lowest BCUT2D eigenvalue weighted by molar-refractivity contribution is -0.117. The molecule has 0 bridgehead atoms. The van der Waals surface area contributed by atoms with Crippen LogP contribution in [-0.4, -0.2) is 42.6 Å². The molecule has 0 unspecified atom stereocenters. The van der Waals surface area contributed by atoms with E-state index in [1.54, 1.807) is 42.2 Å². The molecular weight excluding hydrogens is 324 g/mol. The fourth-order valence-corrected chi connectivity index (χ4v) is 2.41. The predicted octanol–water partition coefficient (Wildman–Crippen LogP) is 1.44. The molecular formula is C16H16N6O3. The molecule has 0 radical (unpaired) electrons. The molecule has 4 rings (SSSR count). The van der Waals surface area contributed by atoms with Crippen molar-refractivity contribution >= 4 is 23.3 Å². The number of nitrogens with one attached hydrogen (secondary N) is 1. The van der Waals surface area contributed by atoms with Crippen molar-refractivity contribution in [2.24, 2.45) is 5.92 Å². The van der Waals surface area contributed by atoms with Gasteiger partial charge in [0.15, 0.2) is 23.0 Å². The average Bonchev–Trinajstić information content (AvgIpc) is 3.19. The number of ether oxygens (including phenoxy) is 1. The molecule has 0 aliphatic heterocycles. The molecule has 0 atom stereocenters. The van der Waals surface area contributed by atoms with Crippen molar-refractivity contribution in [1.29, 1.82) is 0 Å². The smallest absolute Gasteiger partial charge is 0.358 e. The topological polar surface area (TPSA) is 103 Å². The number of anilines is 1. The number of nitrogens with zero attached hydrogens (tertiary/aromatic N) is 5. The Balaban J connectivity index is 1.58. The largest absolute Gasteiger partial charge is 0.461 e. The van der Waals surface area contributed by atoms with Gasteiger partial charge in [-0.05, 0) is 25.8 Å². The first-order valence-corrected chi connectivity index (χ1v) is 8.03. The van der Waals surface area contributed by atoms with Gasteiger partial charge in [-0.1, -0.05) is 0 Å². The second-order valence-corrected chi connectivity index (χ2v) is 5.77. The van der Waals surface area contributed by atoms with E-state index < -0.39 is 5.97 Å². The summed E-state index contributed by atoms with van der Waals surface area (Å²) >= 11 is 0. The normalized spacial score (nSPS) is 13.8.